The molecule has 4 nitrogen and oxygen atoms in total. The fourth-order valence-corrected chi connectivity index (χ4v) is 4.29. The summed E-state index contributed by atoms with van der Waals surface area (Å²) in [5.74, 6) is 2.81. The number of hydrogen-bond acceptors (Lipinski definition) is 3. The van der Waals surface area contributed by atoms with E-state index >= 15 is 0 Å². The lowest BCUT2D eigenvalue weighted by molar-refractivity contribution is 0.143. The maximum atomic E-state index is 5.97. The van der Waals surface area contributed by atoms with Crippen molar-refractivity contribution in [2.24, 2.45) is 0 Å². The number of benzene rings is 1. The minimum Gasteiger partial charge on any atom is -0.372 e. The highest BCUT2D eigenvalue weighted by molar-refractivity contribution is 5.61. The quantitative estimate of drug-likeness (QED) is 0.623. The number of rotatable bonds is 7. The molecule has 1 aromatic heterocycles. The molecule has 4 heteroatoms. The van der Waals surface area contributed by atoms with E-state index in [0.29, 0.717) is 25.2 Å². The summed E-state index contributed by atoms with van der Waals surface area (Å²) in [6.07, 6.45) is 12.8. The molecule has 1 fully saturated rings. The lowest BCUT2D eigenvalue weighted by Gasteiger charge is -2.19. The molecule has 0 spiro atoms. The molecule has 0 N–H and O–H groups in total. The summed E-state index contributed by atoms with van der Waals surface area (Å²) in [7, 11) is 0. The van der Waals surface area contributed by atoms with Crippen LogP contribution < -0.4 is 0 Å². The summed E-state index contributed by atoms with van der Waals surface area (Å²) in [6.45, 7) is 6.93. The van der Waals surface area contributed by atoms with Crippen molar-refractivity contribution in [1.82, 2.24) is 14.8 Å². The van der Waals surface area contributed by atoms with Gasteiger partial charge >= 0.3 is 0 Å². The third kappa shape index (κ3) is 3.67. The first kappa shape index (κ1) is 17.9. The number of aromatic nitrogens is 3. The van der Waals surface area contributed by atoms with E-state index < -0.39 is 0 Å². The van der Waals surface area contributed by atoms with Crippen LogP contribution in [0, 0.1) is 0 Å². The third-order valence-electron chi connectivity index (χ3n) is 5.57. The van der Waals surface area contributed by atoms with Gasteiger partial charge in [-0.25, -0.2) is 0 Å². The van der Waals surface area contributed by atoms with Crippen molar-refractivity contribution in [3.8, 4) is 11.4 Å². The van der Waals surface area contributed by atoms with Gasteiger partial charge in [0.1, 0.15) is 5.82 Å². The van der Waals surface area contributed by atoms with E-state index in [1.165, 1.54) is 42.6 Å². The van der Waals surface area contributed by atoms with Gasteiger partial charge in [-0.1, -0.05) is 61.6 Å². The van der Waals surface area contributed by atoms with E-state index in [4.69, 9.17) is 4.74 Å². The summed E-state index contributed by atoms with van der Waals surface area (Å²) in [5, 5.41) is 9.13. The van der Waals surface area contributed by atoms with Crippen LogP contribution in [0.15, 0.2) is 60.7 Å². The van der Waals surface area contributed by atoms with Crippen molar-refractivity contribution in [3.63, 3.8) is 0 Å². The van der Waals surface area contributed by atoms with Crippen LogP contribution in [0.2, 0.25) is 0 Å². The number of hydrogen-bond donors (Lipinski definition) is 0. The molecule has 2 aliphatic rings. The molecule has 27 heavy (non-hydrogen) atoms. The molecule has 2 aromatic rings. The largest absolute Gasteiger partial charge is 0.372 e. The van der Waals surface area contributed by atoms with Gasteiger partial charge in [-0.15, -0.1) is 10.2 Å². The normalized spacial score (nSPS) is 21.6. The Kier molecular flexibility index (Phi) is 5.35. The first-order chi connectivity index (χ1) is 13.3. The molecular formula is C23H27N3O. The number of fused-ring (bicyclic) bond motifs is 5. The van der Waals surface area contributed by atoms with Crippen molar-refractivity contribution in [3.05, 3.63) is 72.1 Å². The Hall–Kier alpha value is -2.46. The third-order valence-corrected chi connectivity index (χ3v) is 5.57. The zero-order chi connectivity index (χ0) is 18.6. The first-order valence-corrected chi connectivity index (χ1v) is 9.83. The maximum absolute atomic E-state index is 5.97. The van der Waals surface area contributed by atoms with E-state index in [2.05, 4.69) is 58.6 Å². The Morgan fingerprint density at radius 2 is 2.15 bits per heavy atom. The van der Waals surface area contributed by atoms with Gasteiger partial charge in [0.15, 0.2) is 5.82 Å². The van der Waals surface area contributed by atoms with E-state index in [9.17, 15) is 0 Å². The van der Waals surface area contributed by atoms with Gasteiger partial charge < -0.3 is 9.30 Å². The molecular weight excluding hydrogens is 334 g/mol. The van der Waals surface area contributed by atoms with Gasteiger partial charge in [0.25, 0.3) is 0 Å². The number of ether oxygens (including phenoxy) is 1. The average Bonchev–Trinajstić information content (AvgIpc) is 3.22. The second kappa shape index (κ2) is 8.05. The molecule has 1 aromatic carbocycles. The lowest BCUT2D eigenvalue weighted by Crippen LogP contribution is -2.09. The topological polar surface area (TPSA) is 39.9 Å². The standard InChI is InChI=1S/C23H27N3O/c1-3-4-5-9-17(2)15-27-16-19-10-6-7-13-21(19)23-25-24-22-18-11-8-12-20(14-18)26(22)23/h3-7,9-10,13,18,20H,1,8,11-12,14-16H2,2H3/b5-4-,17-9+. The molecule has 2 heterocycles. The van der Waals surface area contributed by atoms with E-state index in [-0.39, 0.29) is 0 Å². The second-order valence-corrected chi connectivity index (χ2v) is 7.55. The van der Waals surface area contributed by atoms with Gasteiger partial charge in [-0.3, -0.25) is 0 Å². The number of nitrogens with zero attached hydrogens (tertiary/aromatic N) is 3. The highest BCUT2D eigenvalue weighted by atomic mass is 16.5. The van der Waals surface area contributed by atoms with Crippen LogP contribution in [0.5, 0.6) is 0 Å². The zero-order valence-corrected chi connectivity index (χ0v) is 16.0. The highest BCUT2D eigenvalue weighted by Gasteiger charge is 2.38. The summed E-state index contributed by atoms with van der Waals surface area (Å²) in [4.78, 5) is 0. The van der Waals surface area contributed by atoms with E-state index in [0.717, 1.165) is 11.4 Å². The van der Waals surface area contributed by atoms with Gasteiger partial charge in [-0.2, -0.15) is 0 Å². The summed E-state index contributed by atoms with van der Waals surface area (Å²) in [5.41, 5.74) is 3.50. The molecule has 2 unspecified atom stereocenters. The van der Waals surface area contributed by atoms with Crippen LogP contribution in [-0.4, -0.2) is 21.4 Å². The fourth-order valence-electron chi connectivity index (χ4n) is 4.29. The Balaban J connectivity index is 1.52. The summed E-state index contributed by atoms with van der Waals surface area (Å²) >= 11 is 0. The Morgan fingerprint density at radius 3 is 3.04 bits per heavy atom. The molecule has 2 bridgehead atoms. The van der Waals surface area contributed by atoms with Gasteiger partial charge in [0.2, 0.25) is 0 Å². The van der Waals surface area contributed by atoms with Crippen molar-refractivity contribution < 1.29 is 4.74 Å². The molecule has 1 aliphatic heterocycles. The van der Waals surface area contributed by atoms with Crippen LogP contribution in [0.4, 0.5) is 0 Å². The predicted molar refractivity (Wildman–Crippen MR) is 108 cm³/mol. The van der Waals surface area contributed by atoms with E-state index in [1.54, 1.807) is 6.08 Å². The lowest BCUT2D eigenvalue weighted by atomic mass is 9.89. The molecule has 0 amide bonds. The SMILES string of the molecule is C=C/C=C\C=C(/C)COCc1ccccc1-c1nnc2n1C1CCCC2C1. The van der Waals surface area contributed by atoms with Gasteiger partial charge in [0.05, 0.1) is 13.2 Å². The van der Waals surface area contributed by atoms with Crippen LogP contribution in [0.25, 0.3) is 11.4 Å². The molecule has 0 saturated heterocycles. The molecule has 1 aliphatic carbocycles. The van der Waals surface area contributed by atoms with Crippen LogP contribution >= 0.6 is 0 Å². The van der Waals surface area contributed by atoms with Crippen molar-refractivity contribution >= 4 is 0 Å². The van der Waals surface area contributed by atoms with Gasteiger partial charge in [0, 0.05) is 17.5 Å². The van der Waals surface area contributed by atoms with Crippen molar-refractivity contribution in [1.29, 1.82) is 0 Å². The van der Waals surface area contributed by atoms with Crippen molar-refractivity contribution in [2.75, 3.05) is 6.61 Å². The fraction of sp³-hybridized carbons (Fsp3) is 0.391. The molecule has 0 radical (unpaired) electrons. The first-order valence-electron chi connectivity index (χ1n) is 9.83. The maximum Gasteiger partial charge on any atom is 0.164 e. The Bertz CT molecular complexity index is 877. The Labute approximate surface area is 161 Å². The predicted octanol–water partition coefficient (Wildman–Crippen LogP) is 5.36. The van der Waals surface area contributed by atoms with Crippen molar-refractivity contribution in [2.45, 2.75) is 51.2 Å². The number of allylic oxidation sites excluding steroid dienone is 4. The van der Waals surface area contributed by atoms with Gasteiger partial charge in [-0.05, 0) is 37.3 Å². The van der Waals surface area contributed by atoms with E-state index in [1.807, 2.05) is 12.2 Å². The minimum atomic E-state index is 0.569. The second-order valence-electron chi connectivity index (χ2n) is 7.55. The monoisotopic (exact) mass is 361 g/mol. The minimum absolute atomic E-state index is 0.569. The Morgan fingerprint density at radius 1 is 1.26 bits per heavy atom. The molecule has 140 valence electrons. The highest BCUT2D eigenvalue weighted by Crippen LogP contribution is 2.47. The smallest absolute Gasteiger partial charge is 0.164 e. The summed E-state index contributed by atoms with van der Waals surface area (Å²) < 4.78 is 8.38. The average molecular weight is 361 g/mol. The molecule has 2 atom stereocenters. The van der Waals surface area contributed by atoms with Crippen LogP contribution in [0.1, 0.15) is 56.0 Å². The molecule has 4 rings (SSSR count). The molecule has 1 saturated carbocycles. The van der Waals surface area contributed by atoms with Crippen LogP contribution in [-0.2, 0) is 11.3 Å². The zero-order valence-electron chi connectivity index (χ0n) is 16.0. The van der Waals surface area contributed by atoms with Crippen LogP contribution in [0.3, 0.4) is 0 Å². The summed E-state index contributed by atoms with van der Waals surface area (Å²) in [6, 6.07) is 8.99.